The summed E-state index contributed by atoms with van der Waals surface area (Å²) < 4.78 is 0. The summed E-state index contributed by atoms with van der Waals surface area (Å²) in [5.74, 6) is 0.841. The third-order valence-electron chi connectivity index (χ3n) is 4.92. The number of nitrogens with one attached hydrogen (secondary N) is 2. The number of hydrogen-bond acceptors (Lipinski definition) is 5. The Hall–Kier alpha value is -3.57. The molecule has 0 amide bonds. The van der Waals surface area contributed by atoms with Gasteiger partial charge in [-0.2, -0.15) is 0 Å². The molecule has 1 atom stereocenters. The van der Waals surface area contributed by atoms with Gasteiger partial charge in [-0.15, -0.1) is 0 Å². The Morgan fingerprint density at radius 2 is 1.52 bits per heavy atom. The second kappa shape index (κ2) is 7.11. The van der Waals surface area contributed by atoms with Crippen molar-refractivity contribution in [2.75, 3.05) is 5.32 Å². The average molecular weight is 400 g/mol. The molecule has 0 saturated carbocycles. The minimum atomic E-state index is -0.464. The maximum absolute atomic E-state index is 6.12. The fraction of sp³-hybridized carbons (Fsp3) is 0.0435. The molecule has 5 rings (SSSR count). The number of rotatable bonds is 2. The van der Waals surface area contributed by atoms with Gasteiger partial charge in [0.15, 0.2) is 12.1 Å². The molecular formula is C23H18ClN5. The van der Waals surface area contributed by atoms with E-state index in [1.165, 1.54) is 0 Å². The van der Waals surface area contributed by atoms with Crippen molar-refractivity contribution < 1.29 is 0 Å². The summed E-state index contributed by atoms with van der Waals surface area (Å²) in [5.41, 5.74) is 7.97. The third kappa shape index (κ3) is 3.37. The number of nitrogens with zero attached hydrogens (tertiary/aromatic N) is 2. The lowest BCUT2D eigenvalue weighted by molar-refractivity contribution is 0.763. The number of nitrogens with two attached hydrogens (primary N) is 1. The van der Waals surface area contributed by atoms with E-state index in [4.69, 9.17) is 22.3 Å². The molecule has 0 fully saturated rings. The largest absolute Gasteiger partial charge is 0.370 e. The van der Waals surface area contributed by atoms with Gasteiger partial charge in [0.1, 0.15) is 0 Å². The summed E-state index contributed by atoms with van der Waals surface area (Å²) in [5, 5.41) is 11.4. The molecular weight excluding hydrogens is 382 g/mol. The maximum Gasteiger partial charge on any atom is 0.205 e. The summed E-state index contributed by atoms with van der Waals surface area (Å²) in [6, 6.07) is 26.2. The van der Waals surface area contributed by atoms with Gasteiger partial charge in [-0.1, -0.05) is 66.2 Å². The van der Waals surface area contributed by atoms with Crippen LogP contribution >= 0.6 is 11.6 Å². The van der Waals surface area contributed by atoms with Crippen LogP contribution in [0.2, 0.25) is 5.02 Å². The molecule has 1 heterocycles. The molecule has 0 saturated heterocycles. The summed E-state index contributed by atoms with van der Waals surface area (Å²) >= 11 is 6.10. The number of halogens is 1. The predicted molar refractivity (Wildman–Crippen MR) is 121 cm³/mol. The molecule has 1 unspecified atom stereocenters. The molecule has 142 valence electrons. The van der Waals surface area contributed by atoms with E-state index in [-0.39, 0.29) is 0 Å². The van der Waals surface area contributed by atoms with Crippen LogP contribution in [0.4, 0.5) is 5.69 Å². The Labute approximate surface area is 172 Å². The van der Waals surface area contributed by atoms with Gasteiger partial charge in [-0.3, -0.25) is 5.32 Å². The normalized spacial score (nSPS) is 16.2. The minimum absolute atomic E-state index is 0.312. The Kier molecular flexibility index (Phi) is 4.30. The molecule has 0 spiro atoms. The van der Waals surface area contributed by atoms with Crippen molar-refractivity contribution in [3.63, 3.8) is 0 Å². The predicted octanol–water partition coefficient (Wildman–Crippen LogP) is 5.03. The number of anilines is 1. The van der Waals surface area contributed by atoms with Crippen LogP contribution in [0.15, 0.2) is 88.8 Å². The van der Waals surface area contributed by atoms with Crippen molar-refractivity contribution in [1.29, 1.82) is 0 Å². The zero-order valence-corrected chi connectivity index (χ0v) is 16.2. The highest BCUT2D eigenvalue weighted by Gasteiger charge is 2.21. The molecule has 29 heavy (non-hydrogen) atoms. The summed E-state index contributed by atoms with van der Waals surface area (Å²) in [6.07, 6.45) is -0.464. The van der Waals surface area contributed by atoms with Gasteiger partial charge in [0.05, 0.1) is 0 Å². The summed E-state index contributed by atoms with van der Waals surface area (Å²) in [7, 11) is 0. The second-order valence-corrected chi connectivity index (χ2v) is 7.30. The lowest BCUT2D eigenvalue weighted by Gasteiger charge is -2.22. The Balaban J connectivity index is 1.66. The van der Waals surface area contributed by atoms with Gasteiger partial charge in [0, 0.05) is 16.3 Å². The zero-order valence-electron chi connectivity index (χ0n) is 15.4. The van der Waals surface area contributed by atoms with Gasteiger partial charge in [0.2, 0.25) is 5.96 Å². The topological polar surface area (TPSA) is 74.8 Å². The van der Waals surface area contributed by atoms with Crippen LogP contribution in [-0.4, -0.2) is 11.9 Å². The van der Waals surface area contributed by atoms with Crippen molar-refractivity contribution in [2.45, 2.75) is 6.17 Å². The zero-order chi connectivity index (χ0) is 19.8. The Morgan fingerprint density at radius 3 is 2.21 bits per heavy atom. The van der Waals surface area contributed by atoms with E-state index in [2.05, 4.69) is 46.0 Å². The quantitative estimate of drug-likeness (QED) is 0.414. The van der Waals surface area contributed by atoms with Gasteiger partial charge < -0.3 is 11.1 Å². The molecule has 0 aliphatic carbocycles. The number of guanidine groups is 2. The summed E-state index contributed by atoms with van der Waals surface area (Å²) in [6.45, 7) is 0. The van der Waals surface area contributed by atoms with E-state index in [1.807, 2.05) is 48.5 Å². The van der Waals surface area contributed by atoms with Crippen LogP contribution < -0.4 is 16.4 Å². The highest BCUT2D eigenvalue weighted by molar-refractivity contribution is 6.31. The molecule has 5 nitrogen and oxygen atoms in total. The van der Waals surface area contributed by atoms with Crippen LogP contribution in [0.1, 0.15) is 11.7 Å². The molecule has 0 aromatic heterocycles. The van der Waals surface area contributed by atoms with Crippen molar-refractivity contribution in [3.05, 3.63) is 89.4 Å². The Morgan fingerprint density at radius 1 is 0.828 bits per heavy atom. The van der Waals surface area contributed by atoms with Crippen molar-refractivity contribution in [1.82, 2.24) is 5.32 Å². The molecule has 0 bridgehead atoms. The van der Waals surface area contributed by atoms with Crippen molar-refractivity contribution >= 4 is 50.8 Å². The molecule has 4 aromatic rings. The smallest absolute Gasteiger partial charge is 0.205 e. The molecule has 0 radical (unpaired) electrons. The fourth-order valence-electron chi connectivity index (χ4n) is 3.69. The maximum atomic E-state index is 6.12. The molecule has 1 aliphatic rings. The van der Waals surface area contributed by atoms with Gasteiger partial charge >= 0.3 is 0 Å². The van der Waals surface area contributed by atoms with Crippen molar-refractivity contribution in [3.8, 4) is 0 Å². The molecule has 4 N–H and O–H groups in total. The van der Waals surface area contributed by atoms with E-state index >= 15 is 0 Å². The number of hydrogen-bond donors (Lipinski definition) is 3. The first-order valence-electron chi connectivity index (χ1n) is 9.28. The van der Waals surface area contributed by atoms with Crippen molar-refractivity contribution in [2.24, 2.45) is 15.7 Å². The van der Waals surface area contributed by atoms with E-state index in [0.29, 0.717) is 16.9 Å². The lowest BCUT2D eigenvalue weighted by Crippen LogP contribution is -2.43. The van der Waals surface area contributed by atoms with Crippen LogP contribution in [-0.2, 0) is 0 Å². The SMILES string of the molecule is NC1=NC(c2c3ccccc3cc3ccccc23)N=C(Nc2cccc(Cl)c2)N1. The second-order valence-electron chi connectivity index (χ2n) is 6.86. The van der Waals surface area contributed by atoms with Gasteiger partial charge in [0.25, 0.3) is 0 Å². The number of aliphatic imine (C=N–C) groups is 2. The van der Waals surface area contributed by atoms with Crippen LogP contribution in [0.5, 0.6) is 0 Å². The van der Waals surface area contributed by atoms with Gasteiger partial charge in [-0.25, -0.2) is 9.98 Å². The standard InChI is InChI=1S/C23H18ClN5/c24-16-8-5-9-17(13-16)26-23-28-21(27-22(25)29-23)20-18-10-3-1-6-14(18)12-15-7-2-4-11-19(15)20/h1-13,21H,(H4,25,26,27,28,29). The lowest BCUT2D eigenvalue weighted by atomic mass is 9.95. The van der Waals surface area contributed by atoms with Crippen LogP contribution in [0.25, 0.3) is 21.5 Å². The average Bonchev–Trinajstić information content (AvgIpc) is 2.71. The van der Waals surface area contributed by atoms with E-state index in [0.717, 1.165) is 32.8 Å². The first-order chi connectivity index (χ1) is 14.2. The first kappa shape index (κ1) is 17.5. The first-order valence-corrected chi connectivity index (χ1v) is 9.66. The summed E-state index contributed by atoms with van der Waals surface area (Å²) in [4.78, 5) is 9.40. The van der Waals surface area contributed by atoms with E-state index in [9.17, 15) is 0 Å². The highest BCUT2D eigenvalue weighted by atomic mass is 35.5. The number of fused-ring (bicyclic) bond motifs is 2. The molecule has 1 aliphatic heterocycles. The Bertz CT molecular complexity index is 1240. The highest BCUT2D eigenvalue weighted by Crippen LogP contribution is 2.35. The van der Waals surface area contributed by atoms with Crippen LogP contribution in [0.3, 0.4) is 0 Å². The van der Waals surface area contributed by atoms with Gasteiger partial charge in [-0.05, 0) is 45.8 Å². The number of benzene rings is 4. The fourth-order valence-corrected chi connectivity index (χ4v) is 3.88. The molecule has 6 heteroatoms. The van der Waals surface area contributed by atoms with Crippen LogP contribution in [0, 0.1) is 0 Å². The van der Waals surface area contributed by atoms with E-state index in [1.54, 1.807) is 0 Å². The third-order valence-corrected chi connectivity index (χ3v) is 5.15. The minimum Gasteiger partial charge on any atom is -0.370 e. The monoisotopic (exact) mass is 399 g/mol. The van der Waals surface area contributed by atoms with E-state index < -0.39 is 6.17 Å². The molecule has 4 aromatic carbocycles.